The Bertz CT molecular complexity index is 722. The Morgan fingerprint density at radius 3 is 2.38 bits per heavy atom. The van der Waals surface area contributed by atoms with Gasteiger partial charge < -0.3 is 9.05 Å². The lowest BCUT2D eigenvalue weighted by Gasteiger charge is -2.28. The molecule has 4 nitrogen and oxygen atoms in total. The molecular weight excluding hydrogens is 285 g/mol. The van der Waals surface area contributed by atoms with Gasteiger partial charge in [0.05, 0.1) is 0 Å². The van der Waals surface area contributed by atoms with Crippen molar-refractivity contribution < 1.29 is 13.6 Å². The van der Waals surface area contributed by atoms with Crippen LogP contribution in [0.1, 0.15) is 22.3 Å². The Morgan fingerprint density at radius 2 is 1.67 bits per heavy atom. The Hall–Kier alpha value is -1.77. The second-order valence-corrected chi connectivity index (χ2v) is 6.98. The molecular formula is C16H18NO3P. The third-order valence-electron chi connectivity index (χ3n) is 3.59. The van der Waals surface area contributed by atoms with Gasteiger partial charge in [-0.1, -0.05) is 36.4 Å². The molecule has 3 rings (SSSR count). The fraction of sp³-hybridized carbons (Fsp3) is 0.250. The van der Waals surface area contributed by atoms with Gasteiger partial charge in [0.15, 0.2) is 0 Å². The lowest BCUT2D eigenvalue weighted by Crippen LogP contribution is -2.24. The first-order valence-electron chi connectivity index (χ1n) is 6.87. The smallest absolute Gasteiger partial charge is 0.404 e. The maximum absolute atomic E-state index is 12.9. The Morgan fingerprint density at radius 1 is 1.05 bits per heavy atom. The molecule has 5 heteroatoms. The molecule has 1 heterocycles. The number of para-hydroxylation sites is 2. The largest absolute Gasteiger partial charge is 0.513 e. The summed E-state index contributed by atoms with van der Waals surface area (Å²) in [5.74, 6) is 1.27. The third kappa shape index (κ3) is 2.69. The van der Waals surface area contributed by atoms with E-state index in [1.165, 1.54) is 0 Å². The summed E-state index contributed by atoms with van der Waals surface area (Å²) >= 11 is 0. The van der Waals surface area contributed by atoms with Crippen LogP contribution in [0.15, 0.2) is 36.4 Å². The number of aryl methyl sites for hydroxylation is 3. The van der Waals surface area contributed by atoms with Crippen LogP contribution >= 0.6 is 7.75 Å². The first-order chi connectivity index (χ1) is 9.98. The predicted octanol–water partition coefficient (Wildman–Crippen LogP) is 4.28. The highest BCUT2D eigenvalue weighted by molar-refractivity contribution is 7.52. The van der Waals surface area contributed by atoms with Crippen molar-refractivity contribution in [1.29, 1.82) is 0 Å². The summed E-state index contributed by atoms with van der Waals surface area (Å²) in [7, 11) is -3.40. The first kappa shape index (κ1) is 14.2. The molecule has 1 atom stereocenters. The summed E-state index contributed by atoms with van der Waals surface area (Å²) in [4.78, 5) is 0. The summed E-state index contributed by atoms with van der Waals surface area (Å²) in [6, 6.07) is 11.7. The van der Waals surface area contributed by atoms with E-state index in [1.807, 2.05) is 57.2 Å². The second-order valence-electron chi connectivity index (χ2n) is 5.30. The van der Waals surface area contributed by atoms with Crippen LogP contribution in [0.25, 0.3) is 0 Å². The molecule has 0 amide bonds. The lowest BCUT2D eigenvalue weighted by atomic mass is 10.1. The van der Waals surface area contributed by atoms with Gasteiger partial charge in [0.25, 0.3) is 0 Å². The number of rotatable bonds is 2. The zero-order valence-electron chi connectivity index (χ0n) is 12.3. The first-order valence-corrected chi connectivity index (χ1v) is 8.42. The van der Waals surface area contributed by atoms with Crippen LogP contribution in [-0.4, -0.2) is 0 Å². The minimum atomic E-state index is -3.40. The molecule has 0 saturated heterocycles. The quantitative estimate of drug-likeness (QED) is 0.841. The minimum Gasteiger partial charge on any atom is -0.404 e. The molecule has 0 bridgehead atoms. The van der Waals surface area contributed by atoms with Crippen molar-refractivity contribution in [1.82, 2.24) is 5.09 Å². The number of hydrogen-bond acceptors (Lipinski definition) is 3. The van der Waals surface area contributed by atoms with Gasteiger partial charge in [-0.15, -0.1) is 0 Å². The highest BCUT2D eigenvalue weighted by Gasteiger charge is 2.34. The van der Waals surface area contributed by atoms with E-state index in [4.69, 9.17) is 9.05 Å². The van der Waals surface area contributed by atoms with Crippen LogP contribution in [0, 0.1) is 20.8 Å². The summed E-state index contributed by atoms with van der Waals surface area (Å²) in [6.45, 7) is 6.27. The average Bonchev–Trinajstić information content (AvgIpc) is 2.44. The molecule has 110 valence electrons. The molecule has 0 aromatic heterocycles. The molecule has 0 unspecified atom stereocenters. The highest BCUT2D eigenvalue weighted by Crippen LogP contribution is 2.51. The van der Waals surface area contributed by atoms with Crippen LogP contribution < -0.4 is 14.1 Å². The molecule has 1 N–H and O–H groups in total. The topological polar surface area (TPSA) is 47.6 Å². The van der Waals surface area contributed by atoms with Crippen molar-refractivity contribution in [3.8, 4) is 11.5 Å². The molecule has 2 aromatic carbocycles. The fourth-order valence-corrected chi connectivity index (χ4v) is 3.99. The van der Waals surface area contributed by atoms with Crippen LogP contribution in [0.5, 0.6) is 11.5 Å². The highest BCUT2D eigenvalue weighted by atomic mass is 31.2. The third-order valence-corrected chi connectivity index (χ3v) is 4.98. The SMILES string of the molecule is Cc1cccc(C)c1O[P@@]1(=O)NCc2cccc(C)c2O1. The van der Waals surface area contributed by atoms with E-state index in [1.54, 1.807) is 0 Å². The van der Waals surface area contributed by atoms with Crippen molar-refractivity contribution in [2.45, 2.75) is 27.3 Å². The van der Waals surface area contributed by atoms with Crippen molar-refractivity contribution >= 4 is 7.75 Å². The minimum absolute atomic E-state index is 0.471. The Labute approximate surface area is 124 Å². The van der Waals surface area contributed by atoms with Gasteiger partial charge >= 0.3 is 7.75 Å². The van der Waals surface area contributed by atoms with Crippen LogP contribution in [0.4, 0.5) is 0 Å². The van der Waals surface area contributed by atoms with E-state index >= 15 is 0 Å². The normalized spacial score (nSPS) is 20.5. The molecule has 1 aliphatic heterocycles. The van der Waals surface area contributed by atoms with Gasteiger partial charge in [0, 0.05) is 12.1 Å². The second kappa shape index (κ2) is 5.21. The van der Waals surface area contributed by atoms with Gasteiger partial charge in [-0.25, -0.2) is 4.57 Å². The Balaban J connectivity index is 1.94. The molecule has 0 saturated carbocycles. The molecule has 0 spiro atoms. The number of nitrogens with one attached hydrogen (secondary N) is 1. The molecule has 0 fully saturated rings. The van der Waals surface area contributed by atoms with Gasteiger partial charge in [0.1, 0.15) is 11.5 Å². The van der Waals surface area contributed by atoms with Crippen molar-refractivity contribution in [3.05, 3.63) is 58.7 Å². The van der Waals surface area contributed by atoms with Crippen LogP contribution in [-0.2, 0) is 11.1 Å². The molecule has 0 radical (unpaired) electrons. The van der Waals surface area contributed by atoms with Crippen molar-refractivity contribution in [2.75, 3.05) is 0 Å². The van der Waals surface area contributed by atoms with E-state index in [0.29, 0.717) is 18.0 Å². The maximum Gasteiger partial charge on any atom is 0.513 e. The molecule has 2 aromatic rings. The summed E-state index contributed by atoms with van der Waals surface area (Å²) in [5, 5.41) is 2.89. The zero-order chi connectivity index (χ0) is 15.0. The van der Waals surface area contributed by atoms with E-state index in [-0.39, 0.29) is 0 Å². The van der Waals surface area contributed by atoms with E-state index in [9.17, 15) is 4.57 Å². The summed E-state index contributed by atoms with van der Waals surface area (Å²) in [5.41, 5.74) is 3.82. The van der Waals surface area contributed by atoms with Crippen LogP contribution in [0.2, 0.25) is 0 Å². The van der Waals surface area contributed by atoms with Gasteiger partial charge in [-0.2, -0.15) is 5.09 Å². The zero-order valence-corrected chi connectivity index (χ0v) is 13.2. The average molecular weight is 303 g/mol. The monoisotopic (exact) mass is 303 g/mol. The van der Waals surface area contributed by atoms with Crippen LogP contribution in [0.3, 0.4) is 0 Å². The fourth-order valence-electron chi connectivity index (χ4n) is 2.43. The van der Waals surface area contributed by atoms with Gasteiger partial charge in [-0.3, -0.25) is 0 Å². The number of fused-ring (bicyclic) bond motifs is 1. The standard InChI is InChI=1S/C16H18NO3P/c1-11-6-4-7-12(2)15(11)19-21(18)17-10-14-9-5-8-13(3)16(14)20-21/h4-9H,10H2,1-3H3,(H,17,18)/t21-/m0/s1. The molecule has 21 heavy (non-hydrogen) atoms. The maximum atomic E-state index is 12.9. The number of hydrogen-bond donors (Lipinski definition) is 1. The van der Waals surface area contributed by atoms with E-state index < -0.39 is 7.75 Å². The van der Waals surface area contributed by atoms with Gasteiger partial charge in [0.2, 0.25) is 0 Å². The molecule has 0 aliphatic carbocycles. The molecule has 1 aliphatic rings. The summed E-state index contributed by atoms with van der Waals surface area (Å²) in [6.07, 6.45) is 0. The number of benzene rings is 2. The van der Waals surface area contributed by atoms with E-state index in [2.05, 4.69) is 5.09 Å². The summed E-state index contributed by atoms with van der Waals surface area (Å²) < 4.78 is 24.3. The van der Waals surface area contributed by atoms with E-state index in [0.717, 1.165) is 22.3 Å². The lowest BCUT2D eigenvalue weighted by molar-refractivity contribution is 0.355. The van der Waals surface area contributed by atoms with Gasteiger partial charge in [-0.05, 0) is 37.5 Å². The Kier molecular flexibility index (Phi) is 3.52. The van der Waals surface area contributed by atoms with Crippen molar-refractivity contribution in [3.63, 3.8) is 0 Å². The van der Waals surface area contributed by atoms with Crippen molar-refractivity contribution in [2.24, 2.45) is 0 Å². The predicted molar refractivity (Wildman–Crippen MR) is 82.8 cm³/mol.